The van der Waals surface area contributed by atoms with Crippen molar-refractivity contribution in [1.29, 1.82) is 0 Å². The Morgan fingerprint density at radius 3 is 2.26 bits per heavy atom. The van der Waals surface area contributed by atoms with E-state index in [4.69, 9.17) is 4.74 Å². The number of para-hydroxylation sites is 1. The zero-order valence-corrected chi connectivity index (χ0v) is 14.1. The van der Waals surface area contributed by atoms with Gasteiger partial charge in [0.25, 0.3) is 5.91 Å². The van der Waals surface area contributed by atoms with E-state index in [-0.39, 0.29) is 18.6 Å². The molecule has 122 valence electrons. The molecule has 3 nitrogen and oxygen atoms in total. The summed E-state index contributed by atoms with van der Waals surface area (Å²) in [6.07, 6.45) is 1.02. The van der Waals surface area contributed by atoms with Crippen molar-refractivity contribution in [3.8, 4) is 5.75 Å². The predicted molar refractivity (Wildman–Crippen MR) is 93.5 cm³/mol. The van der Waals surface area contributed by atoms with Gasteiger partial charge < -0.3 is 10.1 Å². The topological polar surface area (TPSA) is 38.3 Å². The molecule has 0 bridgehead atoms. The minimum absolute atomic E-state index is 0.00669. The highest BCUT2D eigenvalue weighted by Gasteiger charge is 2.18. The number of hydrogen-bond donors (Lipinski definition) is 1. The van der Waals surface area contributed by atoms with E-state index >= 15 is 0 Å². The van der Waals surface area contributed by atoms with Gasteiger partial charge in [0.2, 0.25) is 0 Å². The highest BCUT2D eigenvalue weighted by Crippen LogP contribution is 2.22. The van der Waals surface area contributed by atoms with E-state index in [1.807, 2.05) is 30.3 Å². The summed E-state index contributed by atoms with van der Waals surface area (Å²) in [7, 11) is 0. The fourth-order valence-corrected chi connectivity index (χ4v) is 2.48. The summed E-state index contributed by atoms with van der Waals surface area (Å²) >= 11 is 0. The molecule has 0 heterocycles. The number of aryl methyl sites for hydroxylation is 1. The van der Waals surface area contributed by atoms with Crippen molar-refractivity contribution in [2.75, 3.05) is 6.61 Å². The molecule has 0 fully saturated rings. The number of hydrogen-bond acceptors (Lipinski definition) is 2. The van der Waals surface area contributed by atoms with Crippen LogP contribution in [0.4, 0.5) is 0 Å². The summed E-state index contributed by atoms with van der Waals surface area (Å²) in [6.45, 7) is 6.38. The molecule has 1 N–H and O–H groups in total. The zero-order valence-electron chi connectivity index (χ0n) is 14.1. The van der Waals surface area contributed by atoms with Crippen molar-refractivity contribution in [1.82, 2.24) is 5.32 Å². The van der Waals surface area contributed by atoms with Crippen molar-refractivity contribution in [3.05, 3.63) is 65.7 Å². The van der Waals surface area contributed by atoms with E-state index in [1.165, 1.54) is 5.56 Å². The zero-order chi connectivity index (χ0) is 16.7. The summed E-state index contributed by atoms with van der Waals surface area (Å²) in [5, 5.41) is 3.08. The van der Waals surface area contributed by atoms with Gasteiger partial charge in [-0.05, 0) is 35.6 Å². The first-order valence-corrected chi connectivity index (χ1v) is 8.16. The normalized spacial score (nSPS) is 12.0. The van der Waals surface area contributed by atoms with Crippen LogP contribution >= 0.6 is 0 Å². The van der Waals surface area contributed by atoms with Crippen molar-refractivity contribution in [2.24, 2.45) is 5.92 Å². The maximum atomic E-state index is 12.2. The average molecular weight is 311 g/mol. The number of ether oxygens (including phenoxy) is 1. The Kier molecular flexibility index (Phi) is 6.21. The van der Waals surface area contributed by atoms with Gasteiger partial charge in [-0.15, -0.1) is 0 Å². The van der Waals surface area contributed by atoms with Gasteiger partial charge in [-0.25, -0.2) is 0 Å². The van der Waals surface area contributed by atoms with Gasteiger partial charge in [0.1, 0.15) is 5.75 Å². The maximum Gasteiger partial charge on any atom is 0.258 e. The van der Waals surface area contributed by atoms with Crippen LogP contribution in [-0.2, 0) is 11.2 Å². The third-order valence-corrected chi connectivity index (χ3v) is 3.84. The summed E-state index contributed by atoms with van der Waals surface area (Å²) in [5.41, 5.74) is 2.43. The molecule has 2 aromatic carbocycles. The highest BCUT2D eigenvalue weighted by atomic mass is 16.5. The molecule has 0 aliphatic rings. The predicted octanol–water partition coefficient (Wildman–Crippen LogP) is 4.14. The van der Waals surface area contributed by atoms with E-state index in [1.54, 1.807) is 0 Å². The summed E-state index contributed by atoms with van der Waals surface area (Å²) in [6, 6.07) is 17.8. The van der Waals surface area contributed by atoms with Crippen molar-refractivity contribution < 1.29 is 9.53 Å². The van der Waals surface area contributed by atoms with E-state index in [2.05, 4.69) is 50.4 Å². The third-order valence-electron chi connectivity index (χ3n) is 3.84. The second-order valence-electron chi connectivity index (χ2n) is 5.99. The van der Waals surface area contributed by atoms with Gasteiger partial charge in [0, 0.05) is 0 Å². The number of rotatable bonds is 7. The number of benzene rings is 2. The first-order valence-electron chi connectivity index (χ1n) is 8.16. The maximum absolute atomic E-state index is 12.2. The van der Waals surface area contributed by atoms with Crippen molar-refractivity contribution in [3.63, 3.8) is 0 Å². The van der Waals surface area contributed by atoms with Gasteiger partial charge >= 0.3 is 0 Å². The summed E-state index contributed by atoms with van der Waals surface area (Å²) in [4.78, 5) is 12.2. The van der Waals surface area contributed by atoms with Gasteiger partial charge in [0.15, 0.2) is 6.61 Å². The average Bonchev–Trinajstić information content (AvgIpc) is 2.58. The lowest BCUT2D eigenvalue weighted by atomic mass is 9.95. The lowest BCUT2D eigenvalue weighted by molar-refractivity contribution is -0.124. The summed E-state index contributed by atoms with van der Waals surface area (Å²) in [5.74, 6) is 0.909. The second kappa shape index (κ2) is 8.37. The number of carbonyl (C=O) groups is 1. The molecule has 0 aliphatic heterocycles. The van der Waals surface area contributed by atoms with Crippen molar-refractivity contribution >= 4 is 5.91 Å². The Morgan fingerprint density at radius 1 is 1.04 bits per heavy atom. The van der Waals surface area contributed by atoms with Crippen LogP contribution in [0.2, 0.25) is 0 Å². The van der Waals surface area contributed by atoms with Crippen LogP contribution in [-0.4, -0.2) is 12.5 Å². The number of amides is 1. The largest absolute Gasteiger partial charge is 0.484 e. The van der Waals surface area contributed by atoms with E-state index in [0.29, 0.717) is 11.7 Å². The molecule has 0 spiro atoms. The second-order valence-corrected chi connectivity index (χ2v) is 5.99. The molecular formula is C20H25NO2. The van der Waals surface area contributed by atoms with E-state index < -0.39 is 0 Å². The molecule has 2 rings (SSSR count). The van der Waals surface area contributed by atoms with Crippen LogP contribution in [0.5, 0.6) is 5.75 Å². The first-order chi connectivity index (χ1) is 11.1. The molecule has 3 heteroatoms. The Labute approximate surface area is 138 Å². The lowest BCUT2D eigenvalue weighted by Crippen LogP contribution is -2.35. The van der Waals surface area contributed by atoms with Gasteiger partial charge in [-0.3, -0.25) is 4.79 Å². The molecule has 2 aromatic rings. The Hall–Kier alpha value is -2.29. The SMILES string of the molecule is CCc1ccc([C@H](NC(=O)COc2ccccc2)C(C)C)cc1. The van der Waals surface area contributed by atoms with E-state index in [0.717, 1.165) is 12.0 Å². The quantitative estimate of drug-likeness (QED) is 0.834. The Balaban J connectivity index is 1.96. The molecule has 1 amide bonds. The molecule has 0 radical (unpaired) electrons. The Morgan fingerprint density at radius 2 is 1.70 bits per heavy atom. The monoisotopic (exact) mass is 311 g/mol. The van der Waals surface area contributed by atoms with Gasteiger partial charge in [-0.2, -0.15) is 0 Å². The molecule has 0 aliphatic carbocycles. The lowest BCUT2D eigenvalue weighted by Gasteiger charge is -2.23. The summed E-state index contributed by atoms with van der Waals surface area (Å²) < 4.78 is 5.51. The fourth-order valence-electron chi connectivity index (χ4n) is 2.48. The minimum Gasteiger partial charge on any atom is -0.484 e. The standard InChI is InChI=1S/C20H25NO2/c1-4-16-10-12-17(13-11-16)20(15(2)3)21-19(22)14-23-18-8-6-5-7-9-18/h5-13,15,20H,4,14H2,1-3H3,(H,21,22)/t20-/m1/s1. The van der Waals surface area contributed by atoms with Gasteiger partial charge in [-0.1, -0.05) is 63.2 Å². The molecule has 1 atom stereocenters. The van der Waals surface area contributed by atoms with Crippen LogP contribution in [0.3, 0.4) is 0 Å². The minimum atomic E-state index is -0.105. The number of nitrogens with one attached hydrogen (secondary N) is 1. The first kappa shape index (κ1) is 17.1. The van der Waals surface area contributed by atoms with Crippen LogP contribution in [0, 0.1) is 5.92 Å². The molecule has 0 saturated heterocycles. The van der Waals surface area contributed by atoms with Gasteiger partial charge in [0.05, 0.1) is 6.04 Å². The fraction of sp³-hybridized carbons (Fsp3) is 0.350. The molecule has 0 saturated carbocycles. The van der Waals surface area contributed by atoms with Crippen LogP contribution in [0.25, 0.3) is 0 Å². The molecular weight excluding hydrogens is 286 g/mol. The Bertz CT molecular complexity index is 605. The third kappa shape index (κ3) is 5.13. The van der Waals surface area contributed by atoms with Crippen LogP contribution in [0.1, 0.15) is 37.9 Å². The van der Waals surface area contributed by atoms with Crippen LogP contribution in [0.15, 0.2) is 54.6 Å². The molecule has 0 unspecified atom stereocenters. The number of carbonyl (C=O) groups excluding carboxylic acids is 1. The molecule has 23 heavy (non-hydrogen) atoms. The highest BCUT2D eigenvalue weighted by molar-refractivity contribution is 5.78. The van der Waals surface area contributed by atoms with Crippen LogP contribution < -0.4 is 10.1 Å². The van der Waals surface area contributed by atoms with Crippen molar-refractivity contribution in [2.45, 2.75) is 33.2 Å². The van der Waals surface area contributed by atoms with E-state index in [9.17, 15) is 4.79 Å². The smallest absolute Gasteiger partial charge is 0.258 e. The molecule has 0 aromatic heterocycles.